The fraction of sp³-hybridized carbons (Fsp3) is 0.588. The molecular formula is C17H24N4O3. The van der Waals surface area contributed by atoms with Gasteiger partial charge in [-0.3, -0.25) is 9.59 Å². The summed E-state index contributed by atoms with van der Waals surface area (Å²) >= 11 is 0. The minimum Gasteiger partial charge on any atom is -0.490 e. The van der Waals surface area contributed by atoms with Gasteiger partial charge in [0.05, 0.1) is 0 Å². The van der Waals surface area contributed by atoms with Crippen LogP contribution in [0.3, 0.4) is 0 Å². The molecule has 2 aliphatic rings. The van der Waals surface area contributed by atoms with Crippen LogP contribution in [0.1, 0.15) is 29.8 Å². The first-order valence-corrected chi connectivity index (χ1v) is 8.42. The van der Waals surface area contributed by atoms with Crippen LogP contribution in [0.25, 0.3) is 0 Å². The summed E-state index contributed by atoms with van der Waals surface area (Å²) in [6, 6.07) is 3.61. The maximum absolute atomic E-state index is 12.9. The van der Waals surface area contributed by atoms with E-state index in [-0.39, 0.29) is 17.9 Å². The van der Waals surface area contributed by atoms with E-state index in [1.54, 1.807) is 30.3 Å². The monoisotopic (exact) mass is 332 g/mol. The highest BCUT2D eigenvalue weighted by atomic mass is 16.5. The SMILES string of the molecule is CN(C(=O)c1ncccc1OCCN)[C@H]1C[C@H]2CC(=O)NC[C@H]2C1. The molecule has 130 valence electrons. The molecule has 0 spiro atoms. The molecule has 3 rings (SSSR count). The van der Waals surface area contributed by atoms with Gasteiger partial charge in [0.25, 0.3) is 5.91 Å². The number of aromatic nitrogens is 1. The third kappa shape index (κ3) is 3.36. The first kappa shape index (κ1) is 16.7. The molecule has 0 aromatic carbocycles. The maximum atomic E-state index is 12.9. The van der Waals surface area contributed by atoms with Crippen LogP contribution in [-0.4, -0.2) is 54.5 Å². The van der Waals surface area contributed by atoms with Crippen molar-refractivity contribution in [3.63, 3.8) is 0 Å². The Hall–Kier alpha value is -2.15. The number of ether oxygens (including phenoxy) is 1. The highest BCUT2D eigenvalue weighted by Crippen LogP contribution is 2.38. The number of hydrogen-bond acceptors (Lipinski definition) is 5. The van der Waals surface area contributed by atoms with Gasteiger partial charge in [0.15, 0.2) is 11.4 Å². The number of nitrogens with two attached hydrogens (primary N) is 1. The van der Waals surface area contributed by atoms with Crippen LogP contribution in [0, 0.1) is 11.8 Å². The summed E-state index contributed by atoms with van der Waals surface area (Å²) in [5.74, 6) is 1.26. The van der Waals surface area contributed by atoms with Crippen molar-refractivity contribution in [2.75, 3.05) is 26.7 Å². The molecule has 2 fully saturated rings. The fourth-order valence-corrected chi connectivity index (χ4v) is 3.72. The average molecular weight is 332 g/mol. The van der Waals surface area contributed by atoms with Crippen LogP contribution in [0.2, 0.25) is 0 Å². The van der Waals surface area contributed by atoms with E-state index >= 15 is 0 Å². The summed E-state index contributed by atoms with van der Waals surface area (Å²) in [6.07, 6.45) is 3.94. The lowest BCUT2D eigenvalue weighted by Gasteiger charge is -2.25. The van der Waals surface area contributed by atoms with Crippen molar-refractivity contribution < 1.29 is 14.3 Å². The molecule has 2 amide bonds. The number of piperidine rings is 1. The minimum absolute atomic E-state index is 0.119. The van der Waals surface area contributed by atoms with Crippen molar-refractivity contribution in [2.24, 2.45) is 17.6 Å². The second-order valence-corrected chi connectivity index (χ2v) is 6.56. The molecule has 24 heavy (non-hydrogen) atoms. The minimum atomic E-state index is -0.148. The first-order chi connectivity index (χ1) is 11.6. The summed E-state index contributed by atoms with van der Waals surface area (Å²) in [5.41, 5.74) is 5.78. The third-order valence-electron chi connectivity index (χ3n) is 5.04. The molecule has 3 atom stereocenters. The van der Waals surface area contributed by atoms with Crippen LogP contribution in [-0.2, 0) is 4.79 Å². The Morgan fingerprint density at radius 3 is 3.04 bits per heavy atom. The Morgan fingerprint density at radius 2 is 2.25 bits per heavy atom. The van der Waals surface area contributed by atoms with Gasteiger partial charge >= 0.3 is 0 Å². The number of nitrogens with one attached hydrogen (secondary N) is 1. The molecule has 1 aromatic rings. The topological polar surface area (TPSA) is 97.6 Å². The lowest BCUT2D eigenvalue weighted by atomic mass is 9.89. The number of carbonyl (C=O) groups is 2. The number of carbonyl (C=O) groups excluding carboxylic acids is 2. The van der Waals surface area contributed by atoms with Crippen molar-refractivity contribution in [1.82, 2.24) is 15.2 Å². The number of hydrogen-bond donors (Lipinski definition) is 2. The van der Waals surface area contributed by atoms with E-state index in [9.17, 15) is 9.59 Å². The molecule has 1 aliphatic heterocycles. The zero-order valence-corrected chi connectivity index (χ0v) is 13.9. The molecule has 0 bridgehead atoms. The van der Waals surface area contributed by atoms with Gasteiger partial charge < -0.3 is 20.7 Å². The number of pyridine rings is 1. The molecule has 1 aliphatic carbocycles. The molecule has 7 nitrogen and oxygen atoms in total. The van der Waals surface area contributed by atoms with Crippen LogP contribution in [0.5, 0.6) is 5.75 Å². The van der Waals surface area contributed by atoms with Crippen LogP contribution in [0.15, 0.2) is 18.3 Å². The molecule has 0 radical (unpaired) electrons. The van der Waals surface area contributed by atoms with Gasteiger partial charge in [-0.25, -0.2) is 4.98 Å². The van der Waals surface area contributed by atoms with Gasteiger partial charge in [0, 0.05) is 38.8 Å². The predicted molar refractivity (Wildman–Crippen MR) is 88.5 cm³/mol. The van der Waals surface area contributed by atoms with Crippen molar-refractivity contribution in [3.8, 4) is 5.75 Å². The molecule has 3 N–H and O–H groups in total. The van der Waals surface area contributed by atoms with Crippen molar-refractivity contribution >= 4 is 11.8 Å². The van der Waals surface area contributed by atoms with Gasteiger partial charge in [-0.15, -0.1) is 0 Å². The zero-order chi connectivity index (χ0) is 17.1. The van der Waals surface area contributed by atoms with E-state index in [0.717, 1.165) is 19.4 Å². The lowest BCUT2D eigenvalue weighted by molar-refractivity contribution is -0.124. The van der Waals surface area contributed by atoms with Gasteiger partial charge in [-0.05, 0) is 36.8 Å². The van der Waals surface area contributed by atoms with Crippen LogP contribution < -0.4 is 15.8 Å². The molecular weight excluding hydrogens is 308 g/mol. The second kappa shape index (κ2) is 7.17. The van der Waals surface area contributed by atoms with Crippen molar-refractivity contribution in [3.05, 3.63) is 24.0 Å². The first-order valence-electron chi connectivity index (χ1n) is 8.42. The van der Waals surface area contributed by atoms with Crippen LogP contribution in [0.4, 0.5) is 0 Å². The Kier molecular flexibility index (Phi) is 4.99. The van der Waals surface area contributed by atoms with Gasteiger partial charge in [-0.2, -0.15) is 0 Å². The summed E-state index contributed by atoms with van der Waals surface area (Å²) in [6.45, 7) is 1.44. The highest BCUT2D eigenvalue weighted by molar-refractivity contribution is 5.95. The van der Waals surface area contributed by atoms with Gasteiger partial charge in [0.1, 0.15) is 6.61 Å². The molecule has 0 unspecified atom stereocenters. The quantitative estimate of drug-likeness (QED) is 0.814. The Bertz CT molecular complexity index is 622. The summed E-state index contributed by atoms with van der Waals surface area (Å²) in [4.78, 5) is 30.4. The van der Waals surface area contributed by atoms with Gasteiger partial charge in [0.2, 0.25) is 5.91 Å². The zero-order valence-electron chi connectivity index (χ0n) is 13.9. The normalized spacial score (nSPS) is 25.8. The highest BCUT2D eigenvalue weighted by Gasteiger charge is 2.41. The average Bonchev–Trinajstić information content (AvgIpc) is 3.02. The number of nitrogens with zero attached hydrogens (tertiary/aromatic N) is 2. The van der Waals surface area contributed by atoms with E-state index < -0.39 is 0 Å². The molecule has 1 saturated carbocycles. The Balaban J connectivity index is 1.70. The van der Waals surface area contributed by atoms with Crippen molar-refractivity contribution in [2.45, 2.75) is 25.3 Å². The molecule has 1 aromatic heterocycles. The van der Waals surface area contributed by atoms with E-state index in [1.165, 1.54) is 0 Å². The largest absolute Gasteiger partial charge is 0.490 e. The number of amides is 2. The summed E-state index contributed by atoms with van der Waals surface area (Å²) in [7, 11) is 1.81. The smallest absolute Gasteiger partial charge is 0.276 e. The fourth-order valence-electron chi connectivity index (χ4n) is 3.72. The standard InChI is InChI=1S/C17H24N4O3/c1-21(13-7-11-9-15(22)20-10-12(11)8-13)17(23)16-14(24-6-4-18)3-2-5-19-16/h2-3,5,11-13H,4,6-10,18H2,1H3,(H,20,22)/t11-,12+,13-/m0/s1. The third-order valence-corrected chi connectivity index (χ3v) is 5.04. The Morgan fingerprint density at radius 1 is 1.46 bits per heavy atom. The van der Waals surface area contributed by atoms with Gasteiger partial charge in [-0.1, -0.05) is 0 Å². The van der Waals surface area contributed by atoms with Crippen LogP contribution >= 0.6 is 0 Å². The van der Waals surface area contributed by atoms with E-state index in [0.29, 0.717) is 42.9 Å². The predicted octanol–water partition coefficient (Wildman–Crippen LogP) is 0.406. The van der Waals surface area contributed by atoms with E-state index in [1.807, 2.05) is 0 Å². The molecule has 2 heterocycles. The van der Waals surface area contributed by atoms with E-state index in [2.05, 4.69) is 10.3 Å². The second-order valence-electron chi connectivity index (χ2n) is 6.56. The van der Waals surface area contributed by atoms with Crippen molar-refractivity contribution in [1.29, 1.82) is 0 Å². The number of rotatable bonds is 5. The summed E-state index contributed by atoms with van der Waals surface area (Å²) < 4.78 is 5.54. The summed E-state index contributed by atoms with van der Waals surface area (Å²) in [5, 5.41) is 2.92. The van der Waals surface area contributed by atoms with E-state index in [4.69, 9.17) is 10.5 Å². The maximum Gasteiger partial charge on any atom is 0.276 e. The molecule has 7 heteroatoms. The molecule has 1 saturated heterocycles. The lowest BCUT2D eigenvalue weighted by Crippen LogP contribution is -2.38. The number of fused-ring (bicyclic) bond motifs is 1. The Labute approximate surface area is 141 Å².